The Kier molecular flexibility index (Phi) is 4.52. The number of nitrogens with two attached hydrogens (primary N) is 1. The molecule has 1 aromatic carbocycles. The number of carbonyl (C=O) groups excluding carboxylic acids is 1. The highest BCUT2D eigenvalue weighted by Gasteiger charge is 2.45. The van der Waals surface area contributed by atoms with Gasteiger partial charge in [0.15, 0.2) is 0 Å². The number of hydrogen-bond acceptors (Lipinski definition) is 3. The van der Waals surface area contributed by atoms with Crippen molar-refractivity contribution in [2.75, 3.05) is 0 Å². The third-order valence-electron chi connectivity index (χ3n) is 3.95. The van der Waals surface area contributed by atoms with Crippen LogP contribution in [0.2, 0.25) is 0 Å². The molecule has 1 aromatic rings. The normalized spacial score (nSPS) is 25.3. The summed E-state index contributed by atoms with van der Waals surface area (Å²) < 4.78 is 19.2. The molecular formula is C16H23FN2O2. The van der Waals surface area contributed by atoms with Gasteiger partial charge in [-0.05, 0) is 45.2 Å². The van der Waals surface area contributed by atoms with E-state index in [0.717, 1.165) is 12.0 Å². The van der Waals surface area contributed by atoms with Crippen molar-refractivity contribution in [1.29, 1.82) is 0 Å². The Bertz CT molecular complexity index is 533. The van der Waals surface area contributed by atoms with Crippen LogP contribution in [0.25, 0.3) is 0 Å². The van der Waals surface area contributed by atoms with Gasteiger partial charge < -0.3 is 15.8 Å². The van der Waals surface area contributed by atoms with E-state index >= 15 is 0 Å². The Balaban J connectivity index is 2.10. The van der Waals surface area contributed by atoms with Crippen LogP contribution in [-0.2, 0) is 4.79 Å². The largest absolute Gasteiger partial charge is 0.490 e. The monoisotopic (exact) mass is 294 g/mol. The number of carbonyl (C=O) groups is 1. The van der Waals surface area contributed by atoms with Gasteiger partial charge in [-0.15, -0.1) is 0 Å². The van der Waals surface area contributed by atoms with Gasteiger partial charge >= 0.3 is 0 Å². The minimum absolute atomic E-state index is 0.135. The van der Waals surface area contributed by atoms with Crippen molar-refractivity contribution >= 4 is 5.91 Å². The second-order valence-corrected chi connectivity index (χ2v) is 6.14. The number of primary amides is 1. The van der Waals surface area contributed by atoms with Gasteiger partial charge in [-0.3, -0.25) is 4.79 Å². The molecule has 0 saturated heterocycles. The lowest BCUT2D eigenvalue weighted by atomic mass is 9.95. The highest BCUT2D eigenvalue weighted by molar-refractivity contribution is 5.85. The predicted octanol–water partition coefficient (Wildman–Crippen LogP) is 2.29. The molecule has 2 unspecified atom stereocenters. The topological polar surface area (TPSA) is 64.3 Å². The van der Waals surface area contributed by atoms with Crippen molar-refractivity contribution in [3.05, 3.63) is 29.6 Å². The Morgan fingerprint density at radius 3 is 2.86 bits per heavy atom. The number of benzene rings is 1. The standard InChI is InChI=1S/C16H23FN2O2/c1-10(2)19-16(15(18)20)7-6-13(9-16)21-14-8-12(17)5-4-11(14)3/h4-5,8,10,13,19H,6-7,9H2,1-3H3,(H2,18,20). The maximum atomic E-state index is 13.3. The molecule has 3 N–H and O–H groups in total. The summed E-state index contributed by atoms with van der Waals surface area (Å²) in [5, 5.41) is 3.27. The van der Waals surface area contributed by atoms with Crippen molar-refractivity contribution in [3.8, 4) is 5.75 Å². The smallest absolute Gasteiger partial charge is 0.237 e. The van der Waals surface area contributed by atoms with Gasteiger partial charge in [0.05, 0.1) is 0 Å². The molecule has 1 aliphatic rings. The molecular weight excluding hydrogens is 271 g/mol. The molecule has 2 rings (SSSR count). The minimum Gasteiger partial charge on any atom is -0.490 e. The molecule has 1 fully saturated rings. The zero-order valence-corrected chi connectivity index (χ0v) is 12.8. The third kappa shape index (κ3) is 3.53. The molecule has 0 heterocycles. The SMILES string of the molecule is Cc1ccc(F)cc1OC1CCC(NC(C)C)(C(N)=O)C1. The van der Waals surface area contributed by atoms with Crippen molar-refractivity contribution in [3.63, 3.8) is 0 Å². The maximum absolute atomic E-state index is 13.3. The molecule has 1 amide bonds. The summed E-state index contributed by atoms with van der Waals surface area (Å²) in [5.74, 6) is -0.141. The van der Waals surface area contributed by atoms with Crippen molar-refractivity contribution in [1.82, 2.24) is 5.32 Å². The lowest BCUT2D eigenvalue weighted by Gasteiger charge is -2.29. The summed E-state index contributed by atoms with van der Waals surface area (Å²) in [6, 6.07) is 4.64. The zero-order valence-electron chi connectivity index (χ0n) is 12.8. The van der Waals surface area contributed by atoms with Crippen LogP contribution in [0.4, 0.5) is 4.39 Å². The summed E-state index contributed by atoms with van der Waals surface area (Å²) in [4.78, 5) is 11.8. The average molecular weight is 294 g/mol. The van der Waals surface area contributed by atoms with Gasteiger partial charge in [0.25, 0.3) is 0 Å². The first-order chi connectivity index (χ1) is 9.82. The van der Waals surface area contributed by atoms with Crippen molar-refractivity contribution in [2.45, 2.75) is 57.7 Å². The summed E-state index contributed by atoms with van der Waals surface area (Å²) >= 11 is 0. The molecule has 1 saturated carbocycles. The molecule has 1 aliphatic carbocycles. The highest BCUT2D eigenvalue weighted by Crippen LogP contribution is 2.34. The number of ether oxygens (including phenoxy) is 1. The van der Waals surface area contributed by atoms with E-state index in [1.807, 2.05) is 20.8 Å². The zero-order chi connectivity index (χ0) is 15.6. The maximum Gasteiger partial charge on any atom is 0.237 e. The molecule has 0 bridgehead atoms. The van der Waals surface area contributed by atoms with E-state index in [9.17, 15) is 9.18 Å². The van der Waals surface area contributed by atoms with E-state index < -0.39 is 5.54 Å². The number of halogens is 1. The molecule has 4 nitrogen and oxygen atoms in total. The van der Waals surface area contributed by atoms with Gasteiger partial charge in [0, 0.05) is 18.5 Å². The fraction of sp³-hybridized carbons (Fsp3) is 0.562. The number of aryl methyl sites for hydroxylation is 1. The number of amides is 1. The molecule has 0 spiro atoms. The first-order valence-electron chi connectivity index (χ1n) is 7.33. The van der Waals surface area contributed by atoms with E-state index in [0.29, 0.717) is 18.6 Å². The number of rotatable bonds is 5. The Labute approximate surface area is 124 Å². The van der Waals surface area contributed by atoms with E-state index in [2.05, 4.69) is 5.32 Å². The van der Waals surface area contributed by atoms with E-state index in [1.165, 1.54) is 12.1 Å². The second kappa shape index (κ2) is 6.02. The molecule has 2 atom stereocenters. The van der Waals surface area contributed by atoms with Crippen LogP contribution in [0.5, 0.6) is 5.75 Å². The van der Waals surface area contributed by atoms with Crippen molar-refractivity contribution in [2.24, 2.45) is 5.73 Å². The molecule has 0 aromatic heterocycles. The predicted molar refractivity (Wildman–Crippen MR) is 79.6 cm³/mol. The molecule has 116 valence electrons. The Morgan fingerprint density at radius 1 is 1.52 bits per heavy atom. The first-order valence-corrected chi connectivity index (χ1v) is 7.33. The van der Waals surface area contributed by atoms with Gasteiger partial charge in [0.1, 0.15) is 23.2 Å². The minimum atomic E-state index is -0.722. The Hall–Kier alpha value is -1.62. The van der Waals surface area contributed by atoms with E-state index in [4.69, 9.17) is 10.5 Å². The number of nitrogens with one attached hydrogen (secondary N) is 1. The summed E-state index contributed by atoms with van der Waals surface area (Å²) in [6.07, 6.45) is 1.73. The van der Waals surface area contributed by atoms with Crippen LogP contribution in [0.3, 0.4) is 0 Å². The fourth-order valence-corrected chi connectivity index (χ4v) is 2.96. The molecule has 0 aliphatic heterocycles. The quantitative estimate of drug-likeness (QED) is 0.875. The van der Waals surface area contributed by atoms with Gasteiger partial charge in [-0.1, -0.05) is 6.07 Å². The lowest BCUT2D eigenvalue weighted by molar-refractivity contribution is -0.124. The summed E-state index contributed by atoms with van der Waals surface area (Å²) in [5.41, 5.74) is 5.73. The third-order valence-corrected chi connectivity index (χ3v) is 3.95. The van der Waals surface area contributed by atoms with Crippen LogP contribution in [0.1, 0.15) is 38.7 Å². The van der Waals surface area contributed by atoms with E-state index in [-0.39, 0.29) is 23.9 Å². The lowest BCUT2D eigenvalue weighted by Crippen LogP contribution is -2.56. The van der Waals surface area contributed by atoms with Crippen LogP contribution >= 0.6 is 0 Å². The van der Waals surface area contributed by atoms with Crippen LogP contribution in [-0.4, -0.2) is 23.6 Å². The van der Waals surface area contributed by atoms with Gasteiger partial charge in [0.2, 0.25) is 5.91 Å². The summed E-state index contributed by atoms with van der Waals surface area (Å²) in [6.45, 7) is 5.84. The van der Waals surface area contributed by atoms with Crippen molar-refractivity contribution < 1.29 is 13.9 Å². The summed E-state index contributed by atoms with van der Waals surface area (Å²) in [7, 11) is 0. The number of hydrogen-bond donors (Lipinski definition) is 2. The first kappa shape index (κ1) is 15.8. The molecule has 5 heteroatoms. The van der Waals surface area contributed by atoms with Gasteiger partial charge in [-0.25, -0.2) is 4.39 Å². The van der Waals surface area contributed by atoms with E-state index in [1.54, 1.807) is 6.07 Å². The average Bonchev–Trinajstić information content (AvgIpc) is 2.77. The highest BCUT2D eigenvalue weighted by atomic mass is 19.1. The fourth-order valence-electron chi connectivity index (χ4n) is 2.96. The molecule has 0 radical (unpaired) electrons. The molecule has 21 heavy (non-hydrogen) atoms. The van der Waals surface area contributed by atoms with Crippen LogP contribution < -0.4 is 15.8 Å². The van der Waals surface area contributed by atoms with Crippen LogP contribution in [0, 0.1) is 12.7 Å². The Morgan fingerprint density at radius 2 is 2.24 bits per heavy atom. The van der Waals surface area contributed by atoms with Gasteiger partial charge in [-0.2, -0.15) is 0 Å². The van der Waals surface area contributed by atoms with Crippen LogP contribution in [0.15, 0.2) is 18.2 Å². The second-order valence-electron chi connectivity index (χ2n) is 6.14.